The van der Waals surface area contributed by atoms with E-state index in [-0.39, 0.29) is 34.1 Å². The molecular formula is C53H27F6N5. The lowest BCUT2D eigenvalue weighted by molar-refractivity contribution is -0.143. The number of benzene rings is 8. The van der Waals surface area contributed by atoms with Crippen molar-refractivity contribution >= 4 is 43.6 Å². The van der Waals surface area contributed by atoms with Crippen LogP contribution in [0, 0.1) is 34.0 Å². The lowest BCUT2D eigenvalue weighted by Crippen LogP contribution is -2.11. The van der Waals surface area contributed by atoms with Gasteiger partial charge in [0.05, 0.1) is 73.4 Å². The van der Waals surface area contributed by atoms with E-state index in [0.717, 1.165) is 32.7 Å². The first kappa shape index (κ1) is 39.5. The predicted molar refractivity (Wildman–Crippen MR) is 236 cm³/mol. The molecule has 0 spiro atoms. The first-order valence-corrected chi connectivity index (χ1v) is 19.8. The number of hydrogen-bond acceptors (Lipinski definition) is 3. The summed E-state index contributed by atoms with van der Waals surface area (Å²) in [7, 11) is 0. The fourth-order valence-corrected chi connectivity index (χ4v) is 8.73. The Labute approximate surface area is 360 Å². The third-order valence-electron chi connectivity index (χ3n) is 11.6. The summed E-state index contributed by atoms with van der Waals surface area (Å²) in [6, 6.07) is 51.2. The first-order chi connectivity index (χ1) is 30.8. The van der Waals surface area contributed by atoms with Gasteiger partial charge in [-0.2, -0.15) is 42.1 Å². The van der Waals surface area contributed by atoms with E-state index < -0.39 is 23.5 Å². The summed E-state index contributed by atoms with van der Waals surface area (Å²) >= 11 is 0. The van der Waals surface area contributed by atoms with Crippen LogP contribution in [0.25, 0.3) is 88.4 Å². The Morgan fingerprint density at radius 2 is 0.812 bits per heavy atom. The van der Waals surface area contributed by atoms with E-state index in [0.29, 0.717) is 56.5 Å². The number of alkyl halides is 6. The Morgan fingerprint density at radius 1 is 0.359 bits per heavy atom. The molecule has 11 heteroatoms. The summed E-state index contributed by atoms with van der Waals surface area (Å²) in [5.41, 5.74) is 3.25. The lowest BCUT2D eigenvalue weighted by atomic mass is 9.95. The molecule has 64 heavy (non-hydrogen) atoms. The average Bonchev–Trinajstić information content (AvgIpc) is 3.82. The van der Waals surface area contributed by atoms with Gasteiger partial charge in [0, 0.05) is 27.1 Å². The number of aromatic nitrogens is 2. The Bertz CT molecular complexity index is 3670. The molecule has 8 aromatic carbocycles. The van der Waals surface area contributed by atoms with Crippen LogP contribution in [0.1, 0.15) is 27.8 Å². The molecule has 0 atom stereocenters. The maximum Gasteiger partial charge on any atom is 0.416 e. The largest absolute Gasteiger partial charge is 0.416 e. The summed E-state index contributed by atoms with van der Waals surface area (Å²) in [5.74, 6) is 0. The Morgan fingerprint density at radius 3 is 1.28 bits per heavy atom. The van der Waals surface area contributed by atoms with Gasteiger partial charge in [-0.25, -0.2) is 0 Å². The highest BCUT2D eigenvalue weighted by molar-refractivity contribution is 6.12. The summed E-state index contributed by atoms with van der Waals surface area (Å²) < 4.78 is 91.4. The zero-order chi connectivity index (χ0) is 44.5. The maximum absolute atomic E-state index is 14.6. The Balaban J connectivity index is 1.34. The molecule has 0 fully saturated rings. The van der Waals surface area contributed by atoms with Crippen molar-refractivity contribution in [2.24, 2.45) is 0 Å². The first-order valence-electron chi connectivity index (χ1n) is 19.8. The second-order valence-electron chi connectivity index (χ2n) is 15.3. The van der Waals surface area contributed by atoms with Gasteiger partial charge in [-0.05, 0) is 107 Å². The molecule has 0 N–H and O–H groups in total. The number of fused-ring (bicyclic) bond motifs is 6. The molecule has 0 aliphatic carbocycles. The minimum atomic E-state index is -5.14. The SMILES string of the molecule is N#Cc1cccc(-c2ccc3c4ccccc4n(-c4cc(-c5cc(C(F)(F)F)cc(C(F)(F)F)c5)c(-n5c6ccccc6c6ccc(-c7cccc(C#N)c7)cc65)cc4C#N)c3c2)c1. The molecule has 10 rings (SSSR count). The fraction of sp³-hybridized carbons (Fsp3) is 0.0377. The fourth-order valence-electron chi connectivity index (χ4n) is 8.73. The molecule has 0 unspecified atom stereocenters. The normalized spacial score (nSPS) is 11.9. The standard InChI is InChI=1S/C53H27F6N5/c54-52(55,56)39-21-37(22-40(26-39)53(57,58)59)45-27-48(63-46-13-3-1-11-41(46)43-17-15-35(23-49(43)63)33-9-5-7-31(19-33)28-60)38(30-62)25-51(45)64-47-14-4-2-12-42(47)44-18-16-36(24-50(44)64)34-10-6-8-32(20-34)29-61/h1-27H. The van der Waals surface area contributed by atoms with Crippen LogP contribution in [-0.2, 0) is 12.4 Å². The Kier molecular flexibility index (Phi) is 9.14. The van der Waals surface area contributed by atoms with Crippen molar-refractivity contribution in [1.29, 1.82) is 15.8 Å². The molecule has 0 aliphatic rings. The van der Waals surface area contributed by atoms with Crippen LogP contribution in [0.2, 0.25) is 0 Å². The van der Waals surface area contributed by atoms with E-state index in [1.165, 1.54) is 12.1 Å². The van der Waals surface area contributed by atoms with Gasteiger partial charge in [0.1, 0.15) is 6.07 Å². The molecule has 10 aromatic rings. The van der Waals surface area contributed by atoms with Gasteiger partial charge in [0.2, 0.25) is 0 Å². The van der Waals surface area contributed by atoms with Gasteiger partial charge in [-0.3, -0.25) is 0 Å². The molecule has 0 radical (unpaired) electrons. The molecule has 2 aromatic heterocycles. The molecule has 2 heterocycles. The van der Waals surface area contributed by atoms with E-state index in [1.54, 1.807) is 63.7 Å². The second-order valence-corrected chi connectivity index (χ2v) is 15.3. The van der Waals surface area contributed by atoms with Crippen molar-refractivity contribution in [3.8, 4) is 63.0 Å². The summed E-state index contributed by atoms with van der Waals surface area (Å²) in [6.45, 7) is 0. The van der Waals surface area contributed by atoms with Gasteiger partial charge in [-0.1, -0.05) is 84.9 Å². The lowest BCUT2D eigenvalue weighted by Gasteiger charge is -2.21. The number of para-hydroxylation sites is 2. The van der Waals surface area contributed by atoms with E-state index in [1.807, 2.05) is 78.9 Å². The molecular weight excluding hydrogens is 821 g/mol. The topological polar surface area (TPSA) is 81.2 Å². The van der Waals surface area contributed by atoms with Crippen LogP contribution < -0.4 is 0 Å². The monoisotopic (exact) mass is 847 g/mol. The van der Waals surface area contributed by atoms with Crippen molar-refractivity contribution in [3.63, 3.8) is 0 Å². The number of rotatable bonds is 5. The van der Waals surface area contributed by atoms with E-state index >= 15 is 0 Å². The minimum Gasteiger partial charge on any atom is -0.309 e. The highest BCUT2D eigenvalue weighted by Crippen LogP contribution is 2.45. The summed E-state index contributed by atoms with van der Waals surface area (Å²) in [6.07, 6.45) is -10.3. The maximum atomic E-state index is 14.6. The molecule has 0 amide bonds. The second kappa shape index (κ2) is 14.8. The van der Waals surface area contributed by atoms with E-state index in [9.17, 15) is 42.1 Å². The molecule has 306 valence electrons. The zero-order valence-electron chi connectivity index (χ0n) is 33.1. The van der Waals surface area contributed by atoms with Crippen molar-refractivity contribution in [2.45, 2.75) is 12.4 Å². The van der Waals surface area contributed by atoms with Crippen molar-refractivity contribution in [3.05, 3.63) is 192 Å². The van der Waals surface area contributed by atoms with Gasteiger partial charge >= 0.3 is 12.4 Å². The molecule has 5 nitrogen and oxygen atoms in total. The van der Waals surface area contributed by atoms with E-state index in [2.05, 4.69) is 18.2 Å². The van der Waals surface area contributed by atoms with Crippen LogP contribution in [-0.4, -0.2) is 9.13 Å². The number of nitriles is 3. The number of halogens is 6. The van der Waals surface area contributed by atoms with Crippen LogP contribution in [0.4, 0.5) is 26.3 Å². The van der Waals surface area contributed by atoms with Crippen LogP contribution in [0.15, 0.2) is 164 Å². The molecule has 0 saturated carbocycles. The van der Waals surface area contributed by atoms with Gasteiger partial charge in [-0.15, -0.1) is 0 Å². The third-order valence-corrected chi connectivity index (χ3v) is 11.6. The van der Waals surface area contributed by atoms with Crippen LogP contribution >= 0.6 is 0 Å². The molecule has 0 aliphatic heterocycles. The van der Waals surface area contributed by atoms with Crippen molar-refractivity contribution in [2.75, 3.05) is 0 Å². The highest BCUT2D eigenvalue weighted by Gasteiger charge is 2.37. The van der Waals surface area contributed by atoms with Crippen LogP contribution in [0.5, 0.6) is 0 Å². The highest BCUT2D eigenvalue weighted by atomic mass is 19.4. The summed E-state index contributed by atoms with van der Waals surface area (Å²) in [4.78, 5) is 0. The van der Waals surface area contributed by atoms with Crippen molar-refractivity contribution in [1.82, 2.24) is 9.13 Å². The van der Waals surface area contributed by atoms with Gasteiger partial charge in [0.25, 0.3) is 0 Å². The predicted octanol–water partition coefficient (Wildman–Crippen LogP) is 14.5. The Hall–Kier alpha value is -8.59. The number of nitrogens with zero attached hydrogens (tertiary/aromatic N) is 5. The van der Waals surface area contributed by atoms with Gasteiger partial charge < -0.3 is 9.13 Å². The average molecular weight is 848 g/mol. The van der Waals surface area contributed by atoms with Crippen molar-refractivity contribution < 1.29 is 26.3 Å². The third kappa shape index (κ3) is 6.57. The quantitative estimate of drug-likeness (QED) is 0.162. The summed E-state index contributed by atoms with van der Waals surface area (Å²) in [5, 5.41) is 33.4. The van der Waals surface area contributed by atoms with Crippen LogP contribution in [0.3, 0.4) is 0 Å². The van der Waals surface area contributed by atoms with Gasteiger partial charge in [0.15, 0.2) is 0 Å². The zero-order valence-corrected chi connectivity index (χ0v) is 33.1. The minimum absolute atomic E-state index is 0.00561. The smallest absolute Gasteiger partial charge is 0.309 e. The number of hydrogen-bond donors (Lipinski definition) is 0. The van der Waals surface area contributed by atoms with E-state index in [4.69, 9.17) is 0 Å². The molecule has 0 bridgehead atoms. The molecule has 0 saturated heterocycles.